The van der Waals surface area contributed by atoms with E-state index in [1.54, 1.807) is 6.08 Å². The lowest BCUT2D eigenvalue weighted by Crippen LogP contribution is -1.84. The molecule has 1 heteroatoms. The van der Waals surface area contributed by atoms with E-state index in [2.05, 4.69) is 0 Å². The van der Waals surface area contributed by atoms with Crippen molar-refractivity contribution in [2.45, 2.75) is 25.7 Å². The van der Waals surface area contributed by atoms with Crippen LogP contribution in [-0.2, 0) is 4.79 Å². The minimum absolute atomic E-state index is 0.562. The Labute approximate surface area is 49.4 Å². The lowest BCUT2D eigenvalue weighted by Gasteiger charge is -1.93. The molecule has 1 aliphatic rings. The van der Waals surface area contributed by atoms with Gasteiger partial charge in [0.25, 0.3) is 0 Å². The predicted octanol–water partition coefficient (Wildman–Crippen LogP) is 1.56. The van der Waals surface area contributed by atoms with Crippen molar-refractivity contribution in [2.75, 3.05) is 0 Å². The highest BCUT2D eigenvalue weighted by Crippen LogP contribution is 2.24. The second-order valence-electron chi connectivity index (χ2n) is 2.33. The fraction of sp³-hybridized carbons (Fsp3) is 0.714. The molecule has 0 aromatic heterocycles. The first-order valence-corrected chi connectivity index (χ1v) is 3.14. The molecule has 0 saturated heterocycles. The van der Waals surface area contributed by atoms with Crippen molar-refractivity contribution >= 4 is 5.94 Å². The molecule has 0 bridgehead atoms. The second kappa shape index (κ2) is 2.68. The smallest absolute Gasteiger partial charge is 0.120 e. The SMILES string of the molecule is O=C=CC1CCCC1. The average Bonchev–Trinajstić information content (AvgIpc) is 2.19. The van der Waals surface area contributed by atoms with Crippen molar-refractivity contribution in [3.63, 3.8) is 0 Å². The van der Waals surface area contributed by atoms with Crippen LogP contribution in [-0.4, -0.2) is 5.94 Å². The number of hydrogen-bond acceptors (Lipinski definition) is 1. The van der Waals surface area contributed by atoms with Crippen LogP contribution in [0.1, 0.15) is 25.7 Å². The molecule has 1 rings (SSSR count). The van der Waals surface area contributed by atoms with Crippen LogP contribution >= 0.6 is 0 Å². The Morgan fingerprint density at radius 2 is 2.00 bits per heavy atom. The number of allylic oxidation sites excluding steroid dienone is 1. The third kappa shape index (κ3) is 1.21. The molecule has 8 heavy (non-hydrogen) atoms. The fourth-order valence-electron chi connectivity index (χ4n) is 1.22. The topological polar surface area (TPSA) is 17.1 Å². The number of rotatable bonds is 1. The Kier molecular flexibility index (Phi) is 1.87. The van der Waals surface area contributed by atoms with Crippen LogP contribution in [0.3, 0.4) is 0 Å². The molecule has 1 aliphatic carbocycles. The van der Waals surface area contributed by atoms with Gasteiger partial charge in [-0.3, -0.25) is 0 Å². The van der Waals surface area contributed by atoms with Gasteiger partial charge in [0.15, 0.2) is 0 Å². The molecule has 0 spiro atoms. The Morgan fingerprint density at radius 3 is 2.50 bits per heavy atom. The van der Waals surface area contributed by atoms with Crippen LogP contribution in [0.4, 0.5) is 0 Å². The lowest BCUT2D eigenvalue weighted by molar-refractivity contribution is 0.564. The summed E-state index contributed by atoms with van der Waals surface area (Å²) in [5.74, 6) is 2.40. The molecule has 0 amide bonds. The molecule has 44 valence electrons. The van der Waals surface area contributed by atoms with Crippen molar-refractivity contribution in [3.8, 4) is 0 Å². The summed E-state index contributed by atoms with van der Waals surface area (Å²) < 4.78 is 0. The summed E-state index contributed by atoms with van der Waals surface area (Å²) in [4.78, 5) is 9.78. The van der Waals surface area contributed by atoms with E-state index in [1.165, 1.54) is 25.7 Å². The molecule has 0 heterocycles. The molecule has 0 radical (unpaired) electrons. The van der Waals surface area contributed by atoms with E-state index in [0.29, 0.717) is 5.92 Å². The van der Waals surface area contributed by atoms with E-state index in [4.69, 9.17) is 0 Å². The molecule has 1 fully saturated rings. The van der Waals surface area contributed by atoms with Crippen LogP contribution in [0.5, 0.6) is 0 Å². The second-order valence-corrected chi connectivity index (χ2v) is 2.33. The van der Waals surface area contributed by atoms with Gasteiger partial charge in [-0.1, -0.05) is 12.8 Å². The van der Waals surface area contributed by atoms with Crippen molar-refractivity contribution in [2.24, 2.45) is 5.92 Å². The van der Waals surface area contributed by atoms with Gasteiger partial charge in [-0.2, -0.15) is 0 Å². The van der Waals surface area contributed by atoms with Gasteiger partial charge >= 0.3 is 0 Å². The summed E-state index contributed by atoms with van der Waals surface area (Å²) >= 11 is 0. The zero-order chi connectivity index (χ0) is 5.82. The van der Waals surface area contributed by atoms with Crippen molar-refractivity contribution < 1.29 is 4.79 Å². The first kappa shape index (κ1) is 5.58. The lowest BCUT2D eigenvalue weighted by atomic mass is 10.1. The van der Waals surface area contributed by atoms with Gasteiger partial charge in [0.1, 0.15) is 5.94 Å². The van der Waals surface area contributed by atoms with E-state index < -0.39 is 0 Å². The van der Waals surface area contributed by atoms with Crippen LogP contribution in [0, 0.1) is 5.92 Å². The zero-order valence-electron chi connectivity index (χ0n) is 4.89. The summed E-state index contributed by atoms with van der Waals surface area (Å²) in [6.07, 6.45) is 6.66. The van der Waals surface area contributed by atoms with Gasteiger partial charge in [-0.25, -0.2) is 4.79 Å². The van der Waals surface area contributed by atoms with Gasteiger partial charge in [-0.05, 0) is 18.8 Å². The number of carbonyl (C=O) groups excluding carboxylic acids is 1. The van der Waals surface area contributed by atoms with Gasteiger partial charge < -0.3 is 0 Å². The molecular formula is C7H10O. The van der Waals surface area contributed by atoms with Crippen molar-refractivity contribution in [1.29, 1.82) is 0 Å². The summed E-state index contributed by atoms with van der Waals surface area (Å²) in [5.41, 5.74) is 0. The van der Waals surface area contributed by atoms with Crippen LogP contribution in [0.2, 0.25) is 0 Å². The quantitative estimate of drug-likeness (QED) is 0.468. The first-order valence-electron chi connectivity index (χ1n) is 3.14. The molecule has 0 aromatic carbocycles. The van der Waals surface area contributed by atoms with E-state index in [1.807, 2.05) is 5.94 Å². The maximum absolute atomic E-state index is 9.78. The highest BCUT2D eigenvalue weighted by atomic mass is 16.1. The predicted molar refractivity (Wildman–Crippen MR) is 32.2 cm³/mol. The fourth-order valence-corrected chi connectivity index (χ4v) is 1.22. The third-order valence-electron chi connectivity index (χ3n) is 1.70. The Bertz CT molecular complexity index is 106. The summed E-state index contributed by atoms with van der Waals surface area (Å²) in [5, 5.41) is 0. The summed E-state index contributed by atoms with van der Waals surface area (Å²) in [6.45, 7) is 0. The third-order valence-corrected chi connectivity index (χ3v) is 1.70. The maximum atomic E-state index is 9.78. The maximum Gasteiger partial charge on any atom is 0.120 e. The zero-order valence-corrected chi connectivity index (χ0v) is 4.89. The molecule has 0 unspecified atom stereocenters. The van der Waals surface area contributed by atoms with Gasteiger partial charge in [0.2, 0.25) is 0 Å². The molecule has 0 aliphatic heterocycles. The van der Waals surface area contributed by atoms with E-state index in [9.17, 15) is 4.79 Å². The van der Waals surface area contributed by atoms with Crippen LogP contribution in [0.25, 0.3) is 0 Å². The molecular weight excluding hydrogens is 100 g/mol. The molecule has 0 atom stereocenters. The van der Waals surface area contributed by atoms with Crippen LogP contribution in [0.15, 0.2) is 6.08 Å². The molecule has 1 saturated carbocycles. The van der Waals surface area contributed by atoms with E-state index >= 15 is 0 Å². The molecule has 0 N–H and O–H groups in total. The van der Waals surface area contributed by atoms with Gasteiger partial charge in [0, 0.05) is 6.08 Å². The summed E-state index contributed by atoms with van der Waals surface area (Å²) in [6, 6.07) is 0. The van der Waals surface area contributed by atoms with Gasteiger partial charge in [0.05, 0.1) is 0 Å². The van der Waals surface area contributed by atoms with E-state index in [-0.39, 0.29) is 0 Å². The monoisotopic (exact) mass is 110 g/mol. The van der Waals surface area contributed by atoms with Crippen LogP contribution < -0.4 is 0 Å². The standard InChI is InChI=1S/C7H10O/c8-6-5-7-3-1-2-4-7/h5,7H,1-4H2. The molecule has 1 nitrogen and oxygen atoms in total. The Morgan fingerprint density at radius 1 is 1.38 bits per heavy atom. The minimum Gasteiger partial charge on any atom is -0.234 e. The summed E-state index contributed by atoms with van der Waals surface area (Å²) in [7, 11) is 0. The normalized spacial score (nSPS) is 20.5. The average molecular weight is 110 g/mol. The van der Waals surface area contributed by atoms with Crippen molar-refractivity contribution in [3.05, 3.63) is 6.08 Å². The highest BCUT2D eigenvalue weighted by Gasteiger charge is 2.10. The minimum atomic E-state index is 0.562. The first-order chi connectivity index (χ1) is 3.93. The Balaban J connectivity index is 2.35. The Hall–Kier alpha value is -0.550. The van der Waals surface area contributed by atoms with Crippen molar-refractivity contribution in [1.82, 2.24) is 0 Å². The largest absolute Gasteiger partial charge is 0.234 e. The number of hydrogen-bond donors (Lipinski definition) is 0. The molecule has 0 aromatic rings. The highest BCUT2D eigenvalue weighted by molar-refractivity contribution is 5.45. The van der Waals surface area contributed by atoms with E-state index in [0.717, 1.165) is 0 Å². The van der Waals surface area contributed by atoms with Gasteiger partial charge in [-0.15, -0.1) is 0 Å².